The van der Waals surface area contributed by atoms with Gasteiger partial charge in [-0.25, -0.2) is 4.98 Å². The molecule has 144 valence electrons. The molecule has 9 heteroatoms. The molecule has 2 N–H and O–H groups in total. The first kappa shape index (κ1) is 20.2. The molecule has 1 aromatic carbocycles. The molecule has 0 bridgehead atoms. The fourth-order valence-corrected chi connectivity index (χ4v) is 2.15. The molecule has 1 aromatic heterocycles. The summed E-state index contributed by atoms with van der Waals surface area (Å²) < 4.78 is 42.9. The number of pyridine rings is 1. The first-order chi connectivity index (χ1) is 12.8. The van der Waals surface area contributed by atoms with Crippen LogP contribution < -0.4 is 15.4 Å². The van der Waals surface area contributed by atoms with Gasteiger partial charge in [-0.15, -0.1) is 0 Å². The number of nitrogens with zero attached hydrogens (tertiary/aromatic N) is 1. The monoisotopic (exact) mass is 381 g/mol. The summed E-state index contributed by atoms with van der Waals surface area (Å²) in [7, 11) is 0. The molecule has 2 rings (SSSR count). The van der Waals surface area contributed by atoms with E-state index in [1.807, 2.05) is 6.92 Å². The lowest BCUT2D eigenvalue weighted by Crippen LogP contribution is -2.36. The third-order valence-corrected chi connectivity index (χ3v) is 3.49. The minimum Gasteiger partial charge on any atom is -0.478 e. The van der Waals surface area contributed by atoms with Gasteiger partial charge < -0.3 is 15.4 Å². The number of rotatable bonds is 7. The number of halogens is 3. The Labute approximate surface area is 153 Å². The van der Waals surface area contributed by atoms with Crippen LogP contribution in [-0.4, -0.2) is 29.9 Å². The smallest absolute Gasteiger partial charge is 0.416 e. The number of nitrogens with one attached hydrogen (secondary N) is 2. The Morgan fingerprint density at radius 2 is 1.81 bits per heavy atom. The molecular weight excluding hydrogens is 363 g/mol. The summed E-state index contributed by atoms with van der Waals surface area (Å²) in [5, 5.41) is 4.97. The zero-order chi connectivity index (χ0) is 19.9. The fourth-order valence-electron chi connectivity index (χ4n) is 2.15. The van der Waals surface area contributed by atoms with Gasteiger partial charge in [-0.2, -0.15) is 13.2 Å². The van der Waals surface area contributed by atoms with E-state index in [-0.39, 0.29) is 18.7 Å². The molecular formula is C18H18F3N3O3. The van der Waals surface area contributed by atoms with Crippen LogP contribution in [0.3, 0.4) is 0 Å². The summed E-state index contributed by atoms with van der Waals surface area (Å²) in [6.07, 6.45) is -2.90. The van der Waals surface area contributed by atoms with Crippen LogP contribution in [0.4, 0.5) is 13.2 Å². The van der Waals surface area contributed by atoms with Crippen LogP contribution in [-0.2, 0) is 17.5 Å². The third kappa shape index (κ3) is 5.98. The number of aromatic nitrogens is 1. The highest BCUT2D eigenvalue weighted by Gasteiger charge is 2.30. The minimum atomic E-state index is -4.47. The summed E-state index contributed by atoms with van der Waals surface area (Å²) in [6, 6.07) is 7.19. The lowest BCUT2D eigenvalue weighted by molar-refractivity contribution is -0.137. The molecule has 0 aliphatic heterocycles. The molecule has 0 saturated heterocycles. The fraction of sp³-hybridized carbons (Fsp3) is 0.278. The van der Waals surface area contributed by atoms with Gasteiger partial charge in [0.1, 0.15) is 0 Å². The molecule has 0 unspecified atom stereocenters. The number of ether oxygens (including phenoxy) is 1. The van der Waals surface area contributed by atoms with E-state index >= 15 is 0 Å². The Morgan fingerprint density at radius 3 is 2.44 bits per heavy atom. The van der Waals surface area contributed by atoms with E-state index in [0.717, 1.165) is 24.3 Å². The average Bonchev–Trinajstić information content (AvgIpc) is 2.65. The van der Waals surface area contributed by atoms with E-state index in [0.29, 0.717) is 18.1 Å². The quantitative estimate of drug-likeness (QED) is 0.773. The van der Waals surface area contributed by atoms with Crippen molar-refractivity contribution < 1.29 is 27.5 Å². The molecule has 0 fully saturated rings. The summed E-state index contributed by atoms with van der Waals surface area (Å²) in [4.78, 5) is 27.9. The molecule has 0 aliphatic carbocycles. The Bertz CT molecular complexity index is 792. The van der Waals surface area contributed by atoms with Crippen molar-refractivity contribution in [1.82, 2.24) is 15.6 Å². The number of carbonyl (C=O) groups excluding carboxylic acids is 2. The van der Waals surface area contributed by atoms with E-state index in [2.05, 4.69) is 15.6 Å². The van der Waals surface area contributed by atoms with Gasteiger partial charge in [-0.3, -0.25) is 9.59 Å². The lowest BCUT2D eigenvalue weighted by Gasteiger charge is -2.10. The molecule has 0 atom stereocenters. The second-order valence-corrected chi connectivity index (χ2v) is 5.44. The second-order valence-electron chi connectivity index (χ2n) is 5.44. The largest absolute Gasteiger partial charge is 0.478 e. The summed E-state index contributed by atoms with van der Waals surface area (Å²) in [6.45, 7) is 2.09. The molecule has 0 radical (unpaired) electrons. The van der Waals surface area contributed by atoms with Gasteiger partial charge >= 0.3 is 6.18 Å². The predicted molar refractivity (Wildman–Crippen MR) is 91.0 cm³/mol. The first-order valence-electron chi connectivity index (χ1n) is 8.10. The van der Waals surface area contributed by atoms with Crippen LogP contribution in [0.25, 0.3) is 0 Å². The maximum absolute atomic E-state index is 12.5. The molecule has 1 heterocycles. The molecule has 2 amide bonds. The van der Waals surface area contributed by atoms with E-state index in [4.69, 9.17) is 4.74 Å². The van der Waals surface area contributed by atoms with Crippen molar-refractivity contribution in [3.8, 4) is 5.88 Å². The lowest BCUT2D eigenvalue weighted by atomic mass is 10.1. The SMILES string of the molecule is CCOc1ncccc1CNC(=O)CNC(=O)c1ccc(C(F)(F)F)cc1. The molecule has 6 nitrogen and oxygen atoms in total. The van der Waals surface area contributed by atoms with Crippen LogP contribution in [0.1, 0.15) is 28.4 Å². The second kappa shape index (κ2) is 9.02. The Kier molecular flexibility index (Phi) is 6.75. The van der Waals surface area contributed by atoms with E-state index < -0.39 is 23.6 Å². The maximum Gasteiger partial charge on any atom is 0.416 e. The van der Waals surface area contributed by atoms with Crippen LogP contribution in [0.5, 0.6) is 5.88 Å². The van der Waals surface area contributed by atoms with Crippen LogP contribution in [0.2, 0.25) is 0 Å². The van der Waals surface area contributed by atoms with Gasteiger partial charge in [-0.05, 0) is 37.3 Å². The molecule has 2 aromatic rings. The maximum atomic E-state index is 12.5. The highest BCUT2D eigenvalue weighted by atomic mass is 19.4. The number of amides is 2. The van der Waals surface area contributed by atoms with Crippen molar-refractivity contribution in [3.63, 3.8) is 0 Å². The van der Waals surface area contributed by atoms with Gasteiger partial charge in [0.25, 0.3) is 5.91 Å². The normalized spacial score (nSPS) is 11.0. The van der Waals surface area contributed by atoms with Gasteiger partial charge in [0.15, 0.2) is 0 Å². The number of carbonyl (C=O) groups is 2. The van der Waals surface area contributed by atoms with Crippen LogP contribution >= 0.6 is 0 Å². The zero-order valence-corrected chi connectivity index (χ0v) is 14.5. The van der Waals surface area contributed by atoms with Crippen molar-refractivity contribution in [2.75, 3.05) is 13.2 Å². The Hall–Kier alpha value is -3.10. The minimum absolute atomic E-state index is 0.0293. The molecule has 0 saturated carbocycles. The van der Waals surface area contributed by atoms with E-state index in [1.165, 1.54) is 0 Å². The first-order valence-corrected chi connectivity index (χ1v) is 8.10. The van der Waals surface area contributed by atoms with Gasteiger partial charge in [0.05, 0.1) is 18.7 Å². The number of hydrogen-bond donors (Lipinski definition) is 2. The summed E-state index contributed by atoms with van der Waals surface area (Å²) in [5.41, 5.74) is -0.137. The molecule has 0 aliphatic rings. The Balaban J connectivity index is 1.84. The van der Waals surface area contributed by atoms with E-state index in [1.54, 1.807) is 18.3 Å². The van der Waals surface area contributed by atoms with Crippen LogP contribution in [0, 0.1) is 0 Å². The van der Waals surface area contributed by atoms with Crippen molar-refractivity contribution in [2.24, 2.45) is 0 Å². The predicted octanol–water partition coefficient (Wildman–Crippen LogP) is 2.55. The van der Waals surface area contributed by atoms with Gasteiger partial charge in [0, 0.05) is 23.9 Å². The number of hydrogen-bond acceptors (Lipinski definition) is 4. The highest BCUT2D eigenvalue weighted by molar-refractivity contribution is 5.96. The number of alkyl halides is 3. The van der Waals surface area contributed by atoms with Crippen molar-refractivity contribution >= 4 is 11.8 Å². The Morgan fingerprint density at radius 1 is 1.11 bits per heavy atom. The molecule has 27 heavy (non-hydrogen) atoms. The highest BCUT2D eigenvalue weighted by Crippen LogP contribution is 2.29. The van der Waals surface area contributed by atoms with Gasteiger partial charge in [0.2, 0.25) is 11.8 Å². The van der Waals surface area contributed by atoms with Crippen molar-refractivity contribution in [2.45, 2.75) is 19.6 Å². The molecule has 0 spiro atoms. The zero-order valence-electron chi connectivity index (χ0n) is 14.5. The summed E-state index contributed by atoms with van der Waals surface area (Å²) in [5.74, 6) is -0.689. The summed E-state index contributed by atoms with van der Waals surface area (Å²) >= 11 is 0. The topological polar surface area (TPSA) is 80.3 Å². The van der Waals surface area contributed by atoms with E-state index in [9.17, 15) is 22.8 Å². The number of benzene rings is 1. The average molecular weight is 381 g/mol. The van der Waals surface area contributed by atoms with Crippen LogP contribution in [0.15, 0.2) is 42.6 Å². The van der Waals surface area contributed by atoms with Crippen molar-refractivity contribution in [1.29, 1.82) is 0 Å². The van der Waals surface area contributed by atoms with Crippen molar-refractivity contribution in [3.05, 3.63) is 59.3 Å². The standard InChI is InChI=1S/C18H18F3N3O3/c1-2-27-17-13(4-3-9-22-17)10-23-15(25)11-24-16(26)12-5-7-14(8-6-12)18(19,20)21/h3-9H,2,10-11H2,1H3,(H,23,25)(H,24,26). The van der Waals surface area contributed by atoms with Gasteiger partial charge in [-0.1, -0.05) is 6.07 Å². The third-order valence-electron chi connectivity index (χ3n) is 3.49.